The quantitative estimate of drug-likeness (QED) is 0.475. The summed E-state index contributed by atoms with van der Waals surface area (Å²) >= 11 is 1.45. The number of nitrogens with one attached hydrogen (secondary N) is 1. The second-order valence-electron chi connectivity index (χ2n) is 7.62. The molecule has 0 radical (unpaired) electrons. The number of pyridine rings is 1. The summed E-state index contributed by atoms with van der Waals surface area (Å²) in [6.07, 6.45) is 0.923. The molecule has 1 atom stereocenters. The Labute approximate surface area is 183 Å². The number of urea groups is 1. The van der Waals surface area contributed by atoms with Gasteiger partial charge in [-0.2, -0.15) is 0 Å². The zero-order valence-electron chi connectivity index (χ0n) is 17.2. The molecule has 3 aromatic rings. The number of aliphatic hydroxyl groups excluding tert-OH is 2. The van der Waals surface area contributed by atoms with E-state index in [-0.39, 0.29) is 24.8 Å². The van der Waals surface area contributed by atoms with Crippen molar-refractivity contribution in [3.05, 3.63) is 41.6 Å². The van der Waals surface area contributed by atoms with Crippen LogP contribution in [0.15, 0.2) is 30.5 Å². The van der Waals surface area contributed by atoms with Gasteiger partial charge >= 0.3 is 6.03 Å². The number of piperazine rings is 1. The predicted molar refractivity (Wildman–Crippen MR) is 120 cm³/mol. The van der Waals surface area contributed by atoms with E-state index in [1.807, 2.05) is 24.0 Å². The van der Waals surface area contributed by atoms with Crippen LogP contribution < -0.4 is 10.2 Å². The van der Waals surface area contributed by atoms with Crippen LogP contribution in [0, 0.1) is 6.92 Å². The maximum atomic E-state index is 12.7. The third-order valence-electron chi connectivity index (χ3n) is 5.21. The van der Waals surface area contributed by atoms with Crippen LogP contribution in [0.1, 0.15) is 11.1 Å². The summed E-state index contributed by atoms with van der Waals surface area (Å²) in [6.45, 7) is 3.72. The average Bonchev–Trinajstić information content (AvgIpc) is 3.15. The molecule has 0 unspecified atom stereocenters. The minimum absolute atomic E-state index is 0.0188. The number of benzene rings is 1. The molecule has 1 aliphatic rings. The zero-order chi connectivity index (χ0) is 22.0. The normalized spacial score (nSPS) is 15.3. The highest BCUT2D eigenvalue weighted by atomic mass is 32.1. The second-order valence-corrected chi connectivity index (χ2v) is 8.65. The number of aryl methyl sites for hydroxylation is 1. The van der Waals surface area contributed by atoms with Crippen LogP contribution in [-0.2, 0) is 6.42 Å². The Morgan fingerprint density at radius 3 is 2.74 bits per heavy atom. The highest BCUT2D eigenvalue weighted by molar-refractivity contribution is 7.22. The van der Waals surface area contributed by atoms with Crippen LogP contribution in [0.2, 0.25) is 0 Å². The lowest BCUT2D eigenvalue weighted by Crippen LogP contribution is -2.50. The van der Waals surface area contributed by atoms with Crippen molar-refractivity contribution >= 4 is 38.5 Å². The number of amides is 2. The van der Waals surface area contributed by atoms with Gasteiger partial charge in [0.25, 0.3) is 0 Å². The number of fused-ring (bicyclic) bond motifs is 1. The summed E-state index contributed by atoms with van der Waals surface area (Å²) in [7, 11) is 0. The number of carbonyl (C=O) groups is 1. The van der Waals surface area contributed by atoms with Crippen LogP contribution in [0.25, 0.3) is 10.2 Å². The van der Waals surface area contributed by atoms with Gasteiger partial charge in [-0.25, -0.2) is 14.8 Å². The molecule has 9 nitrogen and oxygen atoms in total. The second kappa shape index (κ2) is 9.04. The van der Waals surface area contributed by atoms with Gasteiger partial charge in [-0.15, -0.1) is 0 Å². The van der Waals surface area contributed by atoms with E-state index in [2.05, 4.69) is 21.4 Å². The summed E-state index contributed by atoms with van der Waals surface area (Å²) in [6, 6.07) is 7.36. The van der Waals surface area contributed by atoms with Gasteiger partial charge in [0.05, 0.1) is 22.9 Å². The molecule has 0 saturated carbocycles. The van der Waals surface area contributed by atoms with Crippen molar-refractivity contribution in [2.45, 2.75) is 19.4 Å². The molecule has 1 aromatic carbocycles. The van der Waals surface area contributed by atoms with Gasteiger partial charge in [0.15, 0.2) is 16.7 Å². The fourth-order valence-corrected chi connectivity index (χ4v) is 4.51. The number of anilines is 2. The molecule has 3 heterocycles. The van der Waals surface area contributed by atoms with Crippen molar-refractivity contribution in [2.24, 2.45) is 0 Å². The summed E-state index contributed by atoms with van der Waals surface area (Å²) < 4.78 is 1.04. The van der Waals surface area contributed by atoms with E-state index >= 15 is 0 Å². The highest BCUT2D eigenvalue weighted by Gasteiger charge is 2.24. The molecular weight excluding hydrogens is 418 g/mol. The molecule has 0 spiro atoms. The Morgan fingerprint density at radius 2 is 2.03 bits per heavy atom. The number of carbonyl (C=O) groups excluding carboxylic acids is 1. The van der Waals surface area contributed by atoms with E-state index in [0.717, 1.165) is 15.8 Å². The van der Waals surface area contributed by atoms with Crippen molar-refractivity contribution in [3.8, 4) is 5.75 Å². The van der Waals surface area contributed by atoms with Gasteiger partial charge in [0, 0.05) is 38.8 Å². The topological polar surface area (TPSA) is 122 Å². The lowest BCUT2D eigenvalue weighted by Gasteiger charge is -2.35. The van der Waals surface area contributed by atoms with Crippen LogP contribution in [0.3, 0.4) is 0 Å². The van der Waals surface area contributed by atoms with Gasteiger partial charge in [0.2, 0.25) is 0 Å². The minimum atomic E-state index is -0.881. The Bertz CT molecular complexity index is 1080. The van der Waals surface area contributed by atoms with Crippen molar-refractivity contribution in [3.63, 3.8) is 0 Å². The molecule has 2 amide bonds. The number of thiazole rings is 1. The lowest BCUT2D eigenvalue weighted by atomic mass is 10.1. The van der Waals surface area contributed by atoms with Crippen molar-refractivity contribution in [1.29, 1.82) is 0 Å². The first kappa shape index (κ1) is 21.3. The van der Waals surface area contributed by atoms with E-state index in [1.165, 1.54) is 11.3 Å². The molecule has 10 heteroatoms. The standard InChI is InChI=1S/C21H25N5O4S/c1-13-2-3-16-18(8-13)31-20(23-16)24-21(30)26-6-4-25(5-7-26)19-17(29)10-14(11-22-19)9-15(28)12-27/h2-3,8,10-11,15,27-29H,4-7,9,12H2,1H3,(H,23,24,30)/t15-/m0/s1. The van der Waals surface area contributed by atoms with E-state index in [1.54, 1.807) is 17.2 Å². The van der Waals surface area contributed by atoms with Crippen LogP contribution >= 0.6 is 11.3 Å². The number of hydrogen-bond acceptors (Lipinski definition) is 8. The molecule has 1 aliphatic heterocycles. The first-order valence-corrected chi connectivity index (χ1v) is 10.9. The molecule has 0 bridgehead atoms. The van der Waals surface area contributed by atoms with Crippen LogP contribution in [-0.4, -0.2) is 75.1 Å². The number of hydrogen-bond donors (Lipinski definition) is 4. The third kappa shape index (κ3) is 4.87. The summed E-state index contributed by atoms with van der Waals surface area (Å²) in [5.74, 6) is 0.467. The van der Waals surface area contributed by atoms with Crippen molar-refractivity contribution < 1.29 is 20.1 Å². The smallest absolute Gasteiger partial charge is 0.323 e. The molecule has 0 aliphatic carbocycles. The number of aromatic nitrogens is 2. The first-order chi connectivity index (χ1) is 14.9. The number of rotatable bonds is 5. The summed E-state index contributed by atoms with van der Waals surface area (Å²) in [5, 5.41) is 32.3. The van der Waals surface area contributed by atoms with Gasteiger partial charge in [-0.1, -0.05) is 17.4 Å². The molecule has 1 fully saturated rings. The van der Waals surface area contributed by atoms with Gasteiger partial charge in [-0.3, -0.25) is 5.32 Å². The molecular formula is C21H25N5O4S. The predicted octanol–water partition coefficient (Wildman–Crippen LogP) is 1.96. The minimum Gasteiger partial charge on any atom is -0.504 e. The number of aromatic hydroxyl groups is 1. The Balaban J connectivity index is 1.35. The van der Waals surface area contributed by atoms with E-state index in [4.69, 9.17) is 5.11 Å². The molecule has 2 aromatic heterocycles. The monoisotopic (exact) mass is 443 g/mol. The Kier molecular flexibility index (Phi) is 6.21. The average molecular weight is 444 g/mol. The van der Waals surface area contributed by atoms with E-state index < -0.39 is 6.10 Å². The summed E-state index contributed by atoms with van der Waals surface area (Å²) in [4.78, 5) is 25.1. The summed E-state index contributed by atoms with van der Waals surface area (Å²) in [5.41, 5.74) is 2.67. The SMILES string of the molecule is Cc1ccc2nc(NC(=O)N3CCN(c4ncc(C[C@H](O)CO)cc4O)CC3)sc2c1. The molecule has 1 saturated heterocycles. The van der Waals surface area contributed by atoms with E-state index in [9.17, 15) is 15.0 Å². The van der Waals surface area contributed by atoms with Gasteiger partial charge in [0.1, 0.15) is 0 Å². The highest BCUT2D eigenvalue weighted by Crippen LogP contribution is 2.28. The molecule has 164 valence electrons. The Hall–Kier alpha value is -2.95. The molecule has 31 heavy (non-hydrogen) atoms. The number of nitrogens with zero attached hydrogens (tertiary/aromatic N) is 4. The lowest BCUT2D eigenvalue weighted by molar-refractivity contribution is 0.0954. The van der Waals surface area contributed by atoms with Gasteiger partial charge < -0.3 is 25.1 Å². The van der Waals surface area contributed by atoms with Gasteiger partial charge in [-0.05, 0) is 36.2 Å². The van der Waals surface area contributed by atoms with Crippen molar-refractivity contribution in [1.82, 2.24) is 14.9 Å². The van der Waals surface area contributed by atoms with Crippen LogP contribution in [0.5, 0.6) is 5.75 Å². The van der Waals surface area contributed by atoms with Crippen LogP contribution in [0.4, 0.5) is 15.7 Å². The molecule has 4 rings (SSSR count). The van der Waals surface area contributed by atoms with Crippen molar-refractivity contribution in [2.75, 3.05) is 43.0 Å². The fraction of sp³-hybridized carbons (Fsp3) is 0.381. The number of aliphatic hydroxyl groups is 2. The zero-order valence-corrected chi connectivity index (χ0v) is 18.0. The Morgan fingerprint density at radius 1 is 1.26 bits per heavy atom. The molecule has 4 N–H and O–H groups in total. The fourth-order valence-electron chi connectivity index (χ4n) is 3.56. The maximum Gasteiger partial charge on any atom is 0.323 e. The first-order valence-electron chi connectivity index (χ1n) is 10.1. The largest absolute Gasteiger partial charge is 0.504 e. The maximum absolute atomic E-state index is 12.7. The third-order valence-corrected chi connectivity index (χ3v) is 6.14. The van der Waals surface area contributed by atoms with E-state index in [0.29, 0.717) is 42.7 Å².